The highest BCUT2D eigenvalue weighted by molar-refractivity contribution is 7.89. The zero-order valence-corrected chi connectivity index (χ0v) is 17.9. The first-order valence-electron chi connectivity index (χ1n) is 10.1. The molecule has 0 aliphatic carbocycles. The maximum atomic E-state index is 13.2. The van der Waals surface area contributed by atoms with Gasteiger partial charge in [-0.2, -0.15) is 4.31 Å². The third kappa shape index (κ3) is 4.87. The molecule has 0 bridgehead atoms. The van der Waals surface area contributed by atoms with Gasteiger partial charge in [0.1, 0.15) is 25.2 Å². The number of carbonyl (C=O) groups is 2. The van der Waals surface area contributed by atoms with E-state index in [1.807, 2.05) is 0 Å². The minimum atomic E-state index is -3.94. The average Bonchev–Trinajstić information content (AvgIpc) is 3.34. The minimum Gasteiger partial charge on any atom is -0.486 e. The van der Waals surface area contributed by atoms with Crippen LogP contribution in [0.2, 0.25) is 0 Å². The van der Waals surface area contributed by atoms with Crippen LogP contribution >= 0.6 is 0 Å². The molecular formula is C20H23N3O8S. The molecule has 11 nitrogen and oxygen atoms in total. The molecule has 0 radical (unpaired) electrons. The predicted octanol–water partition coefficient (Wildman–Crippen LogP) is 0.221. The van der Waals surface area contributed by atoms with Gasteiger partial charge in [-0.25, -0.2) is 8.42 Å². The maximum absolute atomic E-state index is 13.2. The van der Waals surface area contributed by atoms with Crippen LogP contribution in [-0.4, -0.2) is 63.7 Å². The third-order valence-electron chi connectivity index (χ3n) is 4.92. The number of amides is 2. The lowest BCUT2D eigenvalue weighted by Gasteiger charge is -2.34. The molecule has 1 fully saturated rings. The Bertz CT molecular complexity index is 1070. The summed E-state index contributed by atoms with van der Waals surface area (Å²) in [5.74, 6) is -0.429. The summed E-state index contributed by atoms with van der Waals surface area (Å²) in [4.78, 5) is 24.1. The van der Waals surface area contributed by atoms with E-state index in [2.05, 4.69) is 10.6 Å². The number of nitrogens with one attached hydrogen (secondary N) is 2. The highest BCUT2D eigenvalue weighted by atomic mass is 32.2. The molecule has 32 heavy (non-hydrogen) atoms. The fourth-order valence-electron chi connectivity index (χ4n) is 3.34. The van der Waals surface area contributed by atoms with E-state index in [-0.39, 0.29) is 24.5 Å². The van der Waals surface area contributed by atoms with Crippen LogP contribution in [0.5, 0.6) is 11.5 Å². The second-order valence-electron chi connectivity index (χ2n) is 7.07. The molecule has 12 heteroatoms. The molecule has 2 aliphatic heterocycles. The van der Waals surface area contributed by atoms with Gasteiger partial charge in [-0.05, 0) is 30.7 Å². The Morgan fingerprint density at radius 2 is 1.81 bits per heavy atom. The van der Waals surface area contributed by atoms with Crippen molar-refractivity contribution in [1.82, 2.24) is 14.9 Å². The van der Waals surface area contributed by atoms with Gasteiger partial charge in [-0.3, -0.25) is 9.59 Å². The predicted molar refractivity (Wildman–Crippen MR) is 109 cm³/mol. The Hall–Kier alpha value is -3.09. The summed E-state index contributed by atoms with van der Waals surface area (Å²) in [5.41, 5.74) is 0. The Labute approximate surface area is 184 Å². The topological polar surface area (TPSA) is 136 Å². The van der Waals surface area contributed by atoms with Crippen molar-refractivity contribution in [3.8, 4) is 11.5 Å². The number of nitrogens with zero attached hydrogens (tertiary/aromatic N) is 1. The van der Waals surface area contributed by atoms with Gasteiger partial charge in [0, 0.05) is 12.6 Å². The summed E-state index contributed by atoms with van der Waals surface area (Å²) in [6.07, 6.45) is 1.00. The zero-order chi connectivity index (χ0) is 22.6. The number of sulfonamides is 1. The molecule has 0 saturated carbocycles. The molecule has 172 valence electrons. The number of hydrogen-bond donors (Lipinski definition) is 2. The molecule has 0 unspecified atom stereocenters. The number of ether oxygens (including phenoxy) is 3. The monoisotopic (exact) mass is 465 g/mol. The quantitative estimate of drug-likeness (QED) is 0.578. The summed E-state index contributed by atoms with van der Waals surface area (Å²) in [6.45, 7) is 1.15. The lowest BCUT2D eigenvalue weighted by molar-refractivity contribution is -0.140. The second-order valence-corrected chi connectivity index (χ2v) is 8.96. The zero-order valence-electron chi connectivity index (χ0n) is 17.1. The van der Waals surface area contributed by atoms with E-state index in [9.17, 15) is 18.0 Å². The number of furan rings is 1. The van der Waals surface area contributed by atoms with Crippen LogP contribution in [0.4, 0.5) is 0 Å². The molecule has 4 rings (SSSR count). The van der Waals surface area contributed by atoms with E-state index in [1.54, 1.807) is 18.2 Å². The van der Waals surface area contributed by atoms with Crippen molar-refractivity contribution in [2.24, 2.45) is 0 Å². The molecule has 3 heterocycles. The minimum absolute atomic E-state index is 0.0276. The highest BCUT2D eigenvalue weighted by Gasteiger charge is 2.35. The van der Waals surface area contributed by atoms with E-state index in [1.165, 1.54) is 22.7 Å². The average molecular weight is 465 g/mol. The van der Waals surface area contributed by atoms with Gasteiger partial charge in [-0.1, -0.05) is 0 Å². The lowest BCUT2D eigenvalue weighted by Crippen LogP contribution is -2.53. The van der Waals surface area contributed by atoms with E-state index < -0.39 is 28.1 Å². The number of fused-ring (bicyclic) bond motifs is 1. The molecule has 2 aromatic rings. The van der Waals surface area contributed by atoms with Crippen LogP contribution in [0.3, 0.4) is 0 Å². The van der Waals surface area contributed by atoms with Crippen LogP contribution in [-0.2, 0) is 30.9 Å². The normalized spacial score (nSPS) is 18.7. The van der Waals surface area contributed by atoms with Crippen molar-refractivity contribution in [2.75, 3.05) is 32.9 Å². The Kier molecular flexibility index (Phi) is 6.63. The van der Waals surface area contributed by atoms with E-state index >= 15 is 0 Å². The van der Waals surface area contributed by atoms with Crippen molar-refractivity contribution < 1.29 is 36.6 Å². The van der Waals surface area contributed by atoms with Crippen LogP contribution in [0.15, 0.2) is 45.9 Å². The first-order chi connectivity index (χ1) is 15.4. The van der Waals surface area contributed by atoms with Gasteiger partial charge in [0.05, 0.1) is 30.9 Å². The van der Waals surface area contributed by atoms with Crippen molar-refractivity contribution in [1.29, 1.82) is 0 Å². The molecule has 1 aromatic carbocycles. The lowest BCUT2D eigenvalue weighted by atomic mass is 10.3. The largest absolute Gasteiger partial charge is 0.486 e. The fraction of sp³-hybridized carbons (Fsp3) is 0.400. The van der Waals surface area contributed by atoms with E-state index in [0.717, 1.165) is 0 Å². The number of benzene rings is 1. The molecule has 2 N–H and O–H groups in total. The highest BCUT2D eigenvalue weighted by Crippen LogP contribution is 2.34. The first-order valence-corrected chi connectivity index (χ1v) is 11.5. The summed E-state index contributed by atoms with van der Waals surface area (Å²) in [7, 11) is -3.94. The van der Waals surface area contributed by atoms with Gasteiger partial charge < -0.3 is 29.3 Å². The smallest absolute Gasteiger partial charge is 0.309 e. The molecule has 1 atom stereocenters. The number of carbonyl (C=O) groups excluding carboxylic acids is 2. The Morgan fingerprint density at radius 1 is 1.03 bits per heavy atom. The fourth-order valence-corrected chi connectivity index (χ4v) is 4.92. The van der Waals surface area contributed by atoms with E-state index in [4.69, 9.17) is 18.6 Å². The van der Waals surface area contributed by atoms with E-state index in [0.29, 0.717) is 43.5 Å². The summed E-state index contributed by atoms with van der Waals surface area (Å²) >= 11 is 0. The second kappa shape index (κ2) is 9.59. The number of rotatable bonds is 6. The summed E-state index contributed by atoms with van der Waals surface area (Å²) < 4.78 is 49.3. The number of hydrogen-bond acceptors (Lipinski definition) is 8. The molecule has 2 amide bonds. The van der Waals surface area contributed by atoms with Crippen molar-refractivity contribution in [3.05, 3.63) is 42.4 Å². The van der Waals surface area contributed by atoms with Gasteiger partial charge in [0.15, 0.2) is 11.5 Å². The van der Waals surface area contributed by atoms with Crippen LogP contribution in [0.1, 0.15) is 12.2 Å². The molecular weight excluding hydrogens is 442 g/mol. The van der Waals surface area contributed by atoms with Crippen molar-refractivity contribution in [3.63, 3.8) is 0 Å². The standard InChI is InChI=1S/C20H23N3O8S/c24-19(21-12-14-3-1-7-28-14)20(25)22-13-18-23(6-2-8-31-18)32(26,27)15-4-5-16-17(11-15)30-10-9-29-16/h1,3-5,7,11,18H,2,6,8-10,12-13H2,(H,21,24)(H,22,25)/t18-/m0/s1. The van der Waals surface area contributed by atoms with Crippen molar-refractivity contribution in [2.45, 2.75) is 24.1 Å². The molecule has 1 aromatic heterocycles. The SMILES string of the molecule is O=C(NCc1ccco1)C(=O)NC[C@@H]1OCCCN1S(=O)(=O)c1ccc2c(c1)OCCO2. The first kappa shape index (κ1) is 22.1. The van der Waals surface area contributed by atoms with Crippen LogP contribution in [0, 0.1) is 0 Å². The van der Waals surface area contributed by atoms with Gasteiger partial charge in [0.25, 0.3) is 0 Å². The van der Waals surface area contributed by atoms with Crippen LogP contribution < -0.4 is 20.1 Å². The van der Waals surface area contributed by atoms with Crippen LogP contribution in [0.25, 0.3) is 0 Å². The molecule has 0 spiro atoms. The van der Waals surface area contributed by atoms with Gasteiger partial charge in [0.2, 0.25) is 10.0 Å². The third-order valence-corrected chi connectivity index (χ3v) is 6.81. The van der Waals surface area contributed by atoms with Gasteiger partial charge in [-0.15, -0.1) is 0 Å². The molecule has 2 aliphatic rings. The summed E-state index contributed by atoms with van der Waals surface area (Å²) in [5, 5.41) is 4.85. The maximum Gasteiger partial charge on any atom is 0.309 e. The van der Waals surface area contributed by atoms with Crippen molar-refractivity contribution >= 4 is 21.8 Å². The van der Waals surface area contributed by atoms with Gasteiger partial charge >= 0.3 is 11.8 Å². The summed E-state index contributed by atoms with van der Waals surface area (Å²) in [6, 6.07) is 7.73. The molecule has 1 saturated heterocycles. The Balaban J connectivity index is 1.40. The Morgan fingerprint density at radius 3 is 2.59 bits per heavy atom.